The number of nitrogens with one attached hydrogen (secondary N) is 1. The number of aliphatic hydroxyl groups excluding tert-OH is 3. The minimum atomic E-state index is -0.940. The molecule has 0 unspecified atom stereocenters. The number of hydrogen-bond donors (Lipinski definition) is 4. The zero-order chi connectivity index (χ0) is 13.6. The van der Waals surface area contributed by atoms with E-state index in [0.717, 1.165) is 0 Å². The first-order valence-corrected chi connectivity index (χ1v) is 6.41. The van der Waals surface area contributed by atoms with Crippen molar-refractivity contribution in [3.05, 3.63) is 17.3 Å². The number of nitrogens with zero attached hydrogens (tertiary/aromatic N) is 3. The summed E-state index contributed by atoms with van der Waals surface area (Å²) in [6.07, 6.45) is 1.65. The Bertz CT molecular complexity index is 655. The second-order valence-electron chi connectivity index (χ2n) is 4.78. The summed E-state index contributed by atoms with van der Waals surface area (Å²) in [6, 6.07) is -0.342. The highest BCUT2D eigenvalue weighted by molar-refractivity contribution is 7.71. The average Bonchev–Trinajstić information content (AvgIpc) is 2.94. The van der Waals surface area contributed by atoms with Crippen molar-refractivity contribution in [1.82, 2.24) is 19.5 Å². The van der Waals surface area contributed by atoms with E-state index in [-0.39, 0.29) is 18.6 Å². The van der Waals surface area contributed by atoms with Crippen LogP contribution in [0.5, 0.6) is 0 Å². The molecule has 1 aliphatic rings. The Labute approximate surface area is 113 Å². The first-order chi connectivity index (χ1) is 9.13. The molecule has 102 valence electrons. The molecular weight excluding hydrogens is 268 g/mol. The summed E-state index contributed by atoms with van der Waals surface area (Å²) in [5, 5.41) is 29.2. The molecule has 4 N–H and O–H groups in total. The first kappa shape index (κ1) is 12.7. The van der Waals surface area contributed by atoms with Gasteiger partial charge in [0, 0.05) is 12.5 Å². The van der Waals surface area contributed by atoms with E-state index in [2.05, 4.69) is 15.0 Å². The van der Waals surface area contributed by atoms with Crippen LogP contribution in [0, 0.1) is 10.6 Å². The van der Waals surface area contributed by atoms with Gasteiger partial charge in [-0.1, -0.05) is 12.2 Å². The zero-order valence-corrected chi connectivity index (χ0v) is 10.8. The van der Waals surface area contributed by atoms with Gasteiger partial charge in [0.15, 0.2) is 4.64 Å². The Hall–Kier alpha value is -1.35. The minimum Gasteiger partial charge on any atom is -0.396 e. The maximum absolute atomic E-state index is 10.1. The molecule has 0 saturated heterocycles. The molecule has 4 atom stereocenters. The van der Waals surface area contributed by atoms with E-state index in [1.807, 2.05) is 0 Å². The van der Waals surface area contributed by atoms with Crippen LogP contribution in [0.25, 0.3) is 11.2 Å². The molecule has 0 aliphatic heterocycles. The van der Waals surface area contributed by atoms with Gasteiger partial charge in [0.05, 0.1) is 24.8 Å². The summed E-state index contributed by atoms with van der Waals surface area (Å²) in [5.74, 6) is -0.331. The largest absolute Gasteiger partial charge is 0.396 e. The lowest BCUT2D eigenvalue weighted by Crippen LogP contribution is -2.30. The van der Waals surface area contributed by atoms with Crippen molar-refractivity contribution in [2.45, 2.75) is 24.7 Å². The lowest BCUT2D eigenvalue weighted by molar-refractivity contribution is -0.00370. The van der Waals surface area contributed by atoms with Crippen LogP contribution in [-0.2, 0) is 0 Å². The predicted molar refractivity (Wildman–Crippen MR) is 69.0 cm³/mol. The number of rotatable bonds is 2. The van der Waals surface area contributed by atoms with Crippen LogP contribution in [0.15, 0.2) is 12.7 Å². The fourth-order valence-corrected chi connectivity index (χ4v) is 2.88. The molecule has 0 bridgehead atoms. The Balaban J connectivity index is 2.06. The van der Waals surface area contributed by atoms with Gasteiger partial charge in [0.2, 0.25) is 0 Å². The van der Waals surface area contributed by atoms with Gasteiger partial charge in [-0.05, 0) is 6.42 Å². The van der Waals surface area contributed by atoms with Gasteiger partial charge in [-0.25, -0.2) is 9.97 Å². The summed E-state index contributed by atoms with van der Waals surface area (Å²) in [4.78, 5) is 11.1. The number of H-pyrrole nitrogens is 1. The number of hydrogen-bond acceptors (Lipinski definition) is 6. The molecule has 2 aromatic rings. The third-order valence-corrected chi connectivity index (χ3v) is 4.04. The first-order valence-electron chi connectivity index (χ1n) is 6.00. The fraction of sp³-hybridized carbons (Fsp3) is 0.545. The second kappa shape index (κ2) is 4.64. The third-order valence-electron chi connectivity index (χ3n) is 3.74. The van der Waals surface area contributed by atoms with Gasteiger partial charge in [-0.15, -0.1) is 0 Å². The Morgan fingerprint density at radius 3 is 2.84 bits per heavy atom. The van der Waals surface area contributed by atoms with Crippen LogP contribution in [0.3, 0.4) is 0 Å². The molecule has 2 heterocycles. The molecule has 1 fully saturated rings. The van der Waals surface area contributed by atoms with E-state index in [1.165, 1.54) is 6.33 Å². The summed E-state index contributed by atoms with van der Waals surface area (Å²) < 4.78 is 2.13. The van der Waals surface area contributed by atoms with Crippen LogP contribution in [0.4, 0.5) is 0 Å². The van der Waals surface area contributed by atoms with Gasteiger partial charge in [0.1, 0.15) is 17.3 Å². The zero-order valence-electron chi connectivity index (χ0n) is 9.97. The van der Waals surface area contributed by atoms with Gasteiger partial charge in [-0.2, -0.15) is 0 Å². The Morgan fingerprint density at radius 2 is 2.16 bits per heavy atom. The normalized spacial score (nSPS) is 31.1. The van der Waals surface area contributed by atoms with Crippen LogP contribution in [0.2, 0.25) is 0 Å². The molecule has 0 spiro atoms. The predicted octanol–water partition coefficient (Wildman–Crippen LogP) is -0.236. The molecule has 1 saturated carbocycles. The van der Waals surface area contributed by atoms with Crippen molar-refractivity contribution >= 4 is 23.4 Å². The number of aliphatic hydroxyl groups is 3. The number of aromatic nitrogens is 4. The number of imidazole rings is 1. The Morgan fingerprint density at radius 1 is 1.37 bits per heavy atom. The summed E-state index contributed by atoms with van der Waals surface area (Å²) in [7, 11) is 0. The van der Waals surface area contributed by atoms with Crippen LogP contribution in [-0.4, -0.2) is 53.7 Å². The third kappa shape index (κ3) is 1.88. The van der Waals surface area contributed by atoms with Gasteiger partial charge < -0.3 is 24.9 Å². The maximum Gasteiger partial charge on any atom is 0.157 e. The molecule has 0 amide bonds. The molecule has 3 rings (SSSR count). The van der Waals surface area contributed by atoms with Crippen molar-refractivity contribution in [2.24, 2.45) is 5.92 Å². The van der Waals surface area contributed by atoms with E-state index in [9.17, 15) is 15.3 Å². The van der Waals surface area contributed by atoms with E-state index in [1.54, 1.807) is 10.9 Å². The van der Waals surface area contributed by atoms with Crippen molar-refractivity contribution in [3.63, 3.8) is 0 Å². The summed E-state index contributed by atoms with van der Waals surface area (Å²) in [5.41, 5.74) is 1.22. The highest BCUT2D eigenvalue weighted by atomic mass is 32.1. The minimum absolute atomic E-state index is 0.154. The van der Waals surface area contributed by atoms with Crippen molar-refractivity contribution in [2.75, 3.05) is 6.61 Å². The maximum atomic E-state index is 10.1. The van der Waals surface area contributed by atoms with E-state index < -0.39 is 12.2 Å². The summed E-state index contributed by atoms with van der Waals surface area (Å²) in [6.45, 7) is -0.154. The molecular formula is C11H14N4O3S. The molecule has 19 heavy (non-hydrogen) atoms. The smallest absolute Gasteiger partial charge is 0.157 e. The van der Waals surface area contributed by atoms with Crippen LogP contribution < -0.4 is 0 Å². The Kier molecular flexibility index (Phi) is 3.09. The molecule has 7 nitrogen and oxygen atoms in total. The summed E-state index contributed by atoms with van der Waals surface area (Å²) >= 11 is 5.08. The number of fused-ring (bicyclic) bond motifs is 1. The van der Waals surface area contributed by atoms with E-state index in [4.69, 9.17) is 12.2 Å². The standard InChI is InChI=1S/C11H14N4O3S/c16-2-5-1-6(9(18)8(5)17)15-4-14-7-10(15)12-3-13-11(7)19/h3-6,8-9,16-18H,1-2H2,(H,12,13,19)/t5-,6-,8-,9+/m1/s1. The van der Waals surface area contributed by atoms with Crippen LogP contribution >= 0.6 is 12.2 Å². The van der Waals surface area contributed by atoms with E-state index in [0.29, 0.717) is 22.2 Å². The molecule has 1 aliphatic carbocycles. The quantitative estimate of drug-likeness (QED) is 0.567. The topological polar surface area (TPSA) is 107 Å². The average molecular weight is 282 g/mol. The fourth-order valence-electron chi connectivity index (χ4n) is 2.68. The molecule has 8 heteroatoms. The van der Waals surface area contributed by atoms with Gasteiger partial charge in [-0.3, -0.25) is 0 Å². The highest BCUT2D eigenvalue weighted by Crippen LogP contribution is 2.36. The molecule has 0 radical (unpaired) electrons. The van der Waals surface area contributed by atoms with Gasteiger partial charge >= 0.3 is 0 Å². The van der Waals surface area contributed by atoms with Crippen LogP contribution in [0.1, 0.15) is 12.5 Å². The molecule has 2 aromatic heterocycles. The van der Waals surface area contributed by atoms with E-state index >= 15 is 0 Å². The number of aromatic amines is 1. The van der Waals surface area contributed by atoms with Crippen molar-refractivity contribution in [1.29, 1.82) is 0 Å². The highest BCUT2D eigenvalue weighted by Gasteiger charge is 2.42. The molecule has 0 aromatic carbocycles. The van der Waals surface area contributed by atoms with Crippen molar-refractivity contribution < 1.29 is 15.3 Å². The van der Waals surface area contributed by atoms with Crippen molar-refractivity contribution in [3.8, 4) is 0 Å². The second-order valence-corrected chi connectivity index (χ2v) is 5.17. The lowest BCUT2D eigenvalue weighted by Gasteiger charge is -2.18. The SMILES string of the molecule is OC[C@H]1C[C@@H](n2cnc3c(=S)nc[nH]c32)[C@H](O)[C@@H]1O. The lowest BCUT2D eigenvalue weighted by atomic mass is 10.1. The monoisotopic (exact) mass is 282 g/mol. The van der Waals surface area contributed by atoms with Gasteiger partial charge in [0.25, 0.3) is 0 Å².